The van der Waals surface area contributed by atoms with Gasteiger partial charge in [-0.25, -0.2) is 8.78 Å². The number of halogens is 2. The maximum absolute atomic E-state index is 13.1. The molecule has 0 saturated carbocycles. The molecule has 2 aliphatic rings. The van der Waals surface area contributed by atoms with Crippen LogP contribution in [-0.4, -0.2) is 66.9 Å². The van der Waals surface area contributed by atoms with Gasteiger partial charge in [0.25, 0.3) is 5.92 Å². The van der Waals surface area contributed by atoms with Gasteiger partial charge in [0.1, 0.15) is 0 Å². The topological polar surface area (TPSA) is 35.6 Å². The van der Waals surface area contributed by atoms with Gasteiger partial charge in [-0.2, -0.15) is 0 Å². The molecule has 2 aliphatic heterocycles. The number of nitrogens with zero attached hydrogens (tertiary/aromatic N) is 2. The minimum atomic E-state index is -2.74. The first-order chi connectivity index (χ1) is 9.45. The zero-order chi connectivity index (χ0) is 14.8. The second-order valence-electron chi connectivity index (χ2n) is 5.92. The van der Waals surface area contributed by atoms with Crippen LogP contribution in [-0.2, 0) is 4.79 Å². The lowest BCUT2D eigenvalue weighted by Gasteiger charge is -2.24. The molecule has 116 valence electrons. The van der Waals surface area contributed by atoms with Crippen molar-refractivity contribution in [2.75, 3.05) is 39.3 Å². The zero-order valence-corrected chi connectivity index (χ0v) is 12.4. The number of hydrogen-bond acceptors (Lipinski definition) is 3. The molecule has 0 spiro atoms. The number of hydrogen-bond donors (Lipinski definition) is 1. The van der Waals surface area contributed by atoms with Gasteiger partial charge in [-0.05, 0) is 25.4 Å². The van der Waals surface area contributed by atoms with Crippen molar-refractivity contribution in [1.29, 1.82) is 0 Å². The highest BCUT2D eigenvalue weighted by Gasteiger charge is 2.44. The Morgan fingerprint density at radius 1 is 1.40 bits per heavy atom. The van der Waals surface area contributed by atoms with E-state index in [9.17, 15) is 13.6 Å². The SMILES string of the molecule is CCN(CC)CC1CCN(C(=O)C2CC(F)(F)CN2)C1. The lowest BCUT2D eigenvalue weighted by molar-refractivity contribution is -0.132. The monoisotopic (exact) mass is 289 g/mol. The molecule has 2 saturated heterocycles. The fourth-order valence-corrected chi connectivity index (χ4v) is 3.14. The predicted octanol–water partition coefficient (Wildman–Crippen LogP) is 1.17. The molecule has 1 N–H and O–H groups in total. The van der Waals surface area contributed by atoms with Crippen molar-refractivity contribution >= 4 is 5.91 Å². The molecule has 0 aromatic heterocycles. The maximum Gasteiger partial charge on any atom is 0.262 e. The quantitative estimate of drug-likeness (QED) is 0.825. The van der Waals surface area contributed by atoms with Gasteiger partial charge in [0.15, 0.2) is 0 Å². The van der Waals surface area contributed by atoms with Crippen molar-refractivity contribution in [2.24, 2.45) is 5.92 Å². The average Bonchev–Trinajstić information content (AvgIpc) is 3.01. The lowest BCUT2D eigenvalue weighted by atomic mass is 10.1. The highest BCUT2D eigenvalue weighted by atomic mass is 19.3. The van der Waals surface area contributed by atoms with Crippen LogP contribution in [0.1, 0.15) is 26.7 Å². The number of carbonyl (C=O) groups excluding carboxylic acids is 1. The number of rotatable bonds is 5. The smallest absolute Gasteiger partial charge is 0.262 e. The van der Waals surface area contributed by atoms with Gasteiger partial charge in [-0.1, -0.05) is 13.8 Å². The van der Waals surface area contributed by atoms with E-state index >= 15 is 0 Å². The largest absolute Gasteiger partial charge is 0.341 e. The van der Waals surface area contributed by atoms with E-state index in [0.717, 1.165) is 26.1 Å². The van der Waals surface area contributed by atoms with Crippen LogP contribution in [0.2, 0.25) is 0 Å². The summed E-state index contributed by atoms with van der Waals surface area (Å²) in [5.41, 5.74) is 0. The third-order valence-corrected chi connectivity index (χ3v) is 4.42. The molecular formula is C14H25F2N3O. The summed E-state index contributed by atoms with van der Waals surface area (Å²) in [5, 5.41) is 2.65. The normalized spacial score (nSPS) is 29.4. The molecular weight excluding hydrogens is 264 g/mol. The Morgan fingerprint density at radius 2 is 2.10 bits per heavy atom. The molecule has 2 rings (SSSR count). The first-order valence-electron chi connectivity index (χ1n) is 7.57. The summed E-state index contributed by atoms with van der Waals surface area (Å²) in [6.07, 6.45) is 0.619. The summed E-state index contributed by atoms with van der Waals surface area (Å²) in [4.78, 5) is 16.3. The summed E-state index contributed by atoms with van der Waals surface area (Å²) in [6.45, 7) is 8.31. The molecule has 2 atom stereocenters. The van der Waals surface area contributed by atoms with Crippen LogP contribution in [0, 0.1) is 5.92 Å². The minimum absolute atomic E-state index is 0.149. The van der Waals surface area contributed by atoms with Gasteiger partial charge < -0.3 is 9.80 Å². The molecule has 2 unspecified atom stereocenters. The van der Waals surface area contributed by atoms with E-state index in [1.165, 1.54) is 0 Å². The molecule has 0 aromatic carbocycles. The fourth-order valence-electron chi connectivity index (χ4n) is 3.14. The molecule has 6 heteroatoms. The van der Waals surface area contributed by atoms with Crippen molar-refractivity contribution in [3.8, 4) is 0 Å². The minimum Gasteiger partial charge on any atom is -0.341 e. The van der Waals surface area contributed by atoms with Crippen LogP contribution in [0.5, 0.6) is 0 Å². The van der Waals surface area contributed by atoms with Crippen molar-refractivity contribution in [3.05, 3.63) is 0 Å². The predicted molar refractivity (Wildman–Crippen MR) is 73.8 cm³/mol. The summed E-state index contributed by atoms with van der Waals surface area (Å²) >= 11 is 0. The maximum atomic E-state index is 13.1. The van der Waals surface area contributed by atoms with Crippen LogP contribution >= 0.6 is 0 Å². The van der Waals surface area contributed by atoms with Crippen molar-refractivity contribution in [2.45, 2.75) is 38.7 Å². The molecule has 0 aromatic rings. The van der Waals surface area contributed by atoms with Crippen LogP contribution in [0.15, 0.2) is 0 Å². The number of carbonyl (C=O) groups is 1. The molecule has 20 heavy (non-hydrogen) atoms. The second-order valence-corrected chi connectivity index (χ2v) is 5.92. The van der Waals surface area contributed by atoms with Gasteiger partial charge in [-0.15, -0.1) is 0 Å². The molecule has 0 bridgehead atoms. The van der Waals surface area contributed by atoms with Gasteiger partial charge >= 0.3 is 0 Å². The molecule has 2 heterocycles. The van der Waals surface area contributed by atoms with Crippen LogP contribution < -0.4 is 5.32 Å². The van der Waals surface area contributed by atoms with Crippen molar-refractivity contribution in [3.63, 3.8) is 0 Å². The lowest BCUT2D eigenvalue weighted by Crippen LogP contribution is -2.43. The number of amides is 1. The molecule has 0 radical (unpaired) electrons. The third kappa shape index (κ3) is 3.67. The van der Waals surface area contributed by atoms with E-state index in [4.69, 9.17) is 0 Å². The van der Waals surface area contributed by atoms with Gasteiger partial charge in [-0.3, -0.25) is 10.1 Å². The standard InChI is InChI=1S/C14H25F2N3O/c1-3-18(4-2)8-11-5-6-19(9-11)13(20)12-7-14(15,16)10-17-12/h11-12,17H,3-10H2,1-2H3. The average molecular weight is 289 g/mol. The highest BCUT2D eigenvalue weighted by Crippen LogP contribution is 2.27. The highest BCUT2D eigenvalue weighted by molar-refractivity contribution is 5.82. The van der Waals surface area contributed by atoms with E-state index in [2.05, 4.69) is 24.1 Å². The Kier molecular flexibility index (Phi) is 4.96. The number of likely N-dealkylation sites (tertiary alicyclic amines) is 1. The Morgan fingerprint density at radius 3 is 2.65 bits per heavy atom. The Labute approximate surface area is 119 Å². The Hall–Kier alpha value is -0.750. The second kappa shape index (κ2) is 6.35. The Bertz CT molecular complexity index is 347. The van der Waals surface area contributed by atoms with E-state index in [1.54, 1.807) is 4.90 Å². The molecule has 4 nitrogen and oxygen atoms in total. The van der Waals surface area contributed by atoms with Gasteiger partial charge in [0.05, 0.1) is 12.6 Å². The van der Waals surface area contributed by atoms with Gasteiger partial charge in [0, 0.05) is 26.1 Å². The number of alkyl halides is 2. The van der Waals surface area contributed by atoms with Gasteiger partial charge in [0.2, 0.25) is 5.91 Å². The van der Waals surface area contributed by atoms with E-state index in [-0.39, 0.29) is 18.9 Å². The Balaban J connectivity index is 1.82. The summed E-state index contributed by atoms with van der Waals surface area (Å²) in [5.74, 6) is -2.41. The van der Waals surface area contributed by atoms with Crippen molar-refractivity contribution < 1.29 is 13.6 Å². The van der Waals surface area contributed by atoms with E-state index in [0.29, 0.717) is 19.0 Å². The zero-order valence-electron chi connectivity index (χ0n) is 12.4. The summed E-state index contributed by atoms with van der Waals surface area (Å²) < 4.78 is 26.3. The summed E-state index contributed by atoms with van der Waals surface area (Å²) in [6, 6.07) is -0.697. The molecule has 2 fully saturated rings. The number of nitrogens with one attached hydrogen (secondary N) is 1. The van der Waals surface area contributed by atoms with E-state index in [1.807, 2.05) is 0 Å². The molecule has 1 amide bonds. The van der Waals surface area contributed by atoms with Crippen LogP contribution in [0.3, 0.4) is 0 Å². The van der Waals surface area contributed by atoms with Crippen LogP contribution in [0.25, 0.3) is 0 Å². The van der Waals surface area contributed by atoms with Crippen molar-refractivity contribution in [1.82, 2.24) is 15.1 Å². The third-order valence-electron chi connectivity index (χ3n) is 4.42. The first-order valence-corrected chi connectivity index (χ1v) is 7.57. The van der Waals surface area contributed by atoms with Crippen LogP contribution in [0.4, 0.5) is 8.78 Å². The summed E-state index contributed by atoms with van der Waals surface area (Å²) in [7, 11) is 0. The van der Waals surface area contributed by atoms with E-state index < -0.39 is 12.0 Å². The first kappa shape index (κ1) is 15.6. The molecule has 0 aliphatic carbocycles. The fraction of sp³-hybridized carbons (Fsp3) is 0.929.